The van der Waals surface area contributed by atoms with Gasteiger partial charge in [0, 0.05) is 17.5 Å². The Morgan fingerprint density at radius 2 is 1.39 bits per heavy atom. The Morgan fingerprint density at radius 1 is 0.804 bits per heavy atom. The van der Waals surface area contributed by atoms with E-state index in [9.17, 15) is 19.5 Å². The van der Waals surface area contributed by atoms with Crippen molar-refractivity contribution in [3.05, 3.63) is 131 Å². The molecule has 0 spiro atoms. The first-order valence-corrected chi connectivity index (χ1v) is 15.1. The van der Waals surface area contributed by atoms with Crippen LogP contribution in [0, 0.1) is 0 Å². The van der Waals surface area contributed by atoms with Crippen molar-refractivity contribution in [2.24, 2.45) is 5.73 Å². The van der Waals surface area contributed by atoms with Gasteiger partial charge in [-0.3, -0.25) is 14.5 Å². The maximum Gasteiger partial charge on any atom is 0.329 e. The molecular weight excluding hydrogens is 584 g/mol. The first kappa shape index (κ1) is 32.4. The third kappa shape index (κ3) is 7.99. The third-order valence-electron chi connectivity index (χ3n) is 7.43. The summed E-state index contributed by atoms with van der Waals surface area (Å²) in [7, 11) is 0. The number of amides is 1. The van der Waals surface area contributed by atoms with Gasteiger partial charge in [0.25, 0.3) is 5.91 Å². The van der Waals surface area contributed by atoms with Gasteiger partial charge < -0.3 is 25.1 Å². The van der Waals surface area contributed by atoms with Gasteiger partial charge in [-0.2, -0.15) is 0 Å². The molecule has 1 aliphatic heterocycles. The average Bonchev–Trinajstić information content (AvgIpc) is 3.28. The fourth-order valence-corrected chi connectivity index (χ4v) is 5.30. The molecule has 0 radical (unpaired) electrons. The van der Waals surface area contributed by atoms with E-state index >= 15 is 0 Å². The predicted molar refractivity (Wildman–Crippen MR) is 172 cm³/mol. The second-order valence-corrected chi connectivity index (χ2v) is 12.2. The normalized spacial score (nSPS) is 15.5. The number of carbonyl (C=O) groups excluding carboxylic acids is 3. The van der Waals surface area contributed by atoms with Crippen molar-refractivity contribution in [3.63, 3.8) is 0 Å². The smallest absolute Gasteiger partial charge is 0.329 e. The predicted octanol–water partition coefficient (Wildman–Crippen LogP) is 5.49. The molecular formula is C37H38N2O7. The molecule has 46 heavy (non-hydrogen) atoms. The number of aliphatic hydroxyl groups excluding tert-OH is 1. The van der Waals surface area contributed by atoms with Crippen molar-refractivity contribution in [2.45, 2.75) is 64.1 Å². The Balaban J connectivity index is 1.33. The van der Waals surface area contributed by atoms with Gasteiger partial charge in [0.05, 0.1) is 0 Å². The van der Waals surface area contributed by atoms with Gasteiger partial charge in [0.15, 0.2) is 6.23 Å². The van der Waals surface area contributed by atoms with E-state index in [-0.39, 0.29) is 19.4 Å². The lowest BCUT2D eigenvalue weighted by Gasteiger charge is -2.29. The number of hydrogen-bond donors (Lipinski definition) is 2. The molecule has 238 valence electrons. The quantitative estimate of drug-likeness (QED) is 0.210. The highest BCUT2D eigenvalue weighted by molar-refractivity contribution is 6.01. The standard InChI is InChI=1S/C37H38N2O7/c1-37(2,3)46-35(42)31(38)21-25-13-9-15-27(19-25)45-28-16-10-14-26(20-28)22-32(36(43)44-23-24-11-5-4-6-12-24)39-33(40)29-17-7-8-18-30(29)34(39)41/h4-20,31-33,40H,21-23,38H2,1-3H3/t31-,32-,33?/m0/s1. The number of ether oxygens (including phenoxy) is 3. The summed E-state index contributed by atoms with van der Waals surface area (Å²) in [6.07, 6.45) is -0.952. The van der Waals surface area contributed by atoms with E-state index in [2.05, 4.69) is 0 Å². The zero-order valence-corrected chi connectivity index (χ0v) is 26.1. The highest BCUT2D eigenvalue weighted by atomic mass is 16.6. The van der Waals surface area contributed by atoms with Crippen LogP contribution in [0.4, 0.5) is 0 Å². The minimum atomic E-state index is -1.30. The lowest BCUT2D eigenvalue weighted by atomic mass is 10.0. The van der Waals surface area contributed by atoms with Crippen molar-refractivity contribution < 1.29 is 33.7 Å². The van der Waals surface area contributed by atoms with E-state index in [0.717, 1.165) is 11.1 Å². The van der Waals surface area contributed by atoms with Gasteiger partial charge in [0.2, 0.25) is 0 Å². The number of nitrogens with two attached hydrogens (primary N) is 1. The van der Waals surface area contributed by atoms with Crippen LogP contribution in [-0.2, 0) is 38.5 Å². The molecule has 5 rings (SSSR count). The van der Waals surface area contributed by atoms with E-state index in [1.54, 1.807) is 75.4 Å². The summed E-state index contributed by atoms with van der Waals surface area (Å²) in [5, 5.41) is 11.2. The van der Waals surface area contributed by atoms with Crippen molar-refractivity contribution in [1.29, 1.82) is 0 Å². The molecule has 1 aliphatic rings. The lowest BCUT2D eigenvalue weighted by molar-refractivity contribution is -0.156. The third-order valence-corrected chi connectivity index (χ3v) is 7.43. The summed E-state index contributed by atoms with van der Waals surface area (Å²) in [5.74, 6) is -0.527. The second kappa shape index (κ2) is 14.0. The highest BCUT2D eigenvalue weighted by Crippen LogP contribution is 2.35. The molecule has 0 fully saturated rings. The fourth-order valence-electron chi connectivity index (χ4n) is 5.30. The van der Waals surface area contributed by atoms with Crippen LogP contribution in [0.3, 0.4) is 0 Å². The van der Waals surface area contributed by atoms with Crippen LogP contribution in [0.1, 0.15) is 59.6 Å². The Morgan fingerprint density at radius 3 is 2.02 bits per heavy atom. The minimum Gasteiger partial charge on any atom is -0.459 e. The van der Waals surface area contributed by atoms with E-state index in [1.165, 1.54) is 4.90 Å². The van der Waals surface area contributed by atoms with Gasteiger partial charge in [-0.1, -0.05) is 72.8 Å². The van der Waals surface area contributed by atoms with E-state index < -0.39 is 41.8 Å². The maximum atomic E-state index is 13.6. The number of rotatable bonds is 11. The number of esters is 2. The topological polar surface area (TPSA) is 128 Å². The molecule has 1 amide bonds. The molecule has 0 saturated carbocycles. The molecule has 9 heteroatoms. The van der Waals surface area contributed by atoms with Crippen LogP contribution in [0.2, 0.25) is 0 Å². The molecule has 0 bridgehead atoms. The van der Waals surface area contributed by atoms with Crippen LogP contribution < -0.4 is 10.5 Å². The number of hydrogen-bond acceptors (Lipinski definition) is 8. The molecule has 9 nitrogen and oxygen atoms in total. The monoisotopic (exact) mass is 622 g/mol. The van der Waals surface area contributed by atoms with Crippen LogP contribution in [0.25, 0.3) is 0 Å². The van der Waals surface area contributed by atoms with Gasteiger partial charge in [-0.25, -0.2) is 4.79 Å². The zero-order chi connectivity index (χ0) is 32.8. The number of aliphatic hydroxyl groups is 1. The van der Waals surface area contributed by atoms with Crippen LogP contribution in [0.5, 0.6) is 11.5 Å². The fraction of sp³-hybridized carbons (Fsp3) is 0.270. The SMILES string of the molecule is CC(C)(C)OC(=O)[C@@H](N)Cc1cccc(Oc2cccc(C[C@@H](C(=O)OCc3ccccc3)N3C(=O)c4ccccc4C3O)c2)c1. The summed E-state index contributed by atoms with van der Waals surface area (Å²) in [4.78, 5) is 40.6. The highest BCUT2D eigenvalue weighted by Gasteiger charge is 2.43. The second-order valence-electron chi connectivity index (χ2n) is 12.2. The van der Waals surface area contributed by atoms with Gasteiger partial charge >= 0.3 is 11.9 Å². The summed E-state index contributed by atoms with van der Waals surface area (Å²) in [6, 6.07) is 28.5. The van der Waals surface area contributed by atoms with Gasteiger partial charge in [0.1, 0.15) is 35.8 Å². The Kier molecular flexibility index (Phi) is 9.84. The Hall–Kier alpha value is -4.99. The first-order valence-electron chi connectivity index (χ1n) is 15.1. The van der Waals surface area contributed by atoms with E-state index in [1.807, 2.05) is 48.5 Å². The van der Waals surface area contributed by atoms with Gasteiger partial charge in [-0.15, -0.1) is 0 Å². The molecule has 0 aliphatic carbocycles. The maximum absolute atomic E-state index is 13.6. The minimum absolute atomic E-state index is 0.0261. The van der Waals surface area contributed by atoms with Crippen molar-refractivity contribution >= 4 is 17.8 Å². The van der Waals surface area contributed by atoms with Crippen molar-refractivity contribution in [3.8, 4) is 11.5 Å². The summed E-state index contributed by atoms with van der Waals surface area (Å²) < 4.78 is 17.2. The Labute approximate surface area is 268 Å². The van der Waals surface area contributed by atoms with Crippen LogP contribution in [0.15, 0.2) is 103 Å². The number of benzene rings is 4. The van der Waals surface area contributed by atoms with Crippen molar-refractivity contribution in [2.75, 3.05) is 0 Å². The molecule has 3 atom stereocenters. The van der Waals surface area contributed by atoms with Crippen LogP contribution >= 0.6 is 0 Å². The molecule has 1 heterocycles. The summed E-state index contributed by atoms with van der Waals surface area (Å²) in [6.45, 7) is 5.40. The molecule has 4 aromatic carbocycles. The molecule has 3 N–H and O–H groups in total. The lowest BCUT2D eigenvalue weighted by Crippen LogP contribution is -2.45. The first-order chi connectivity index (χ1) is 22.0. The number of nitrogens with zero attached hydrogens (tertiary/aromatic N) is 1. The summed E-state index contributed by atoms with van der Waals surface area (Å²) in [5.41, 5.74) is 8.55. The van der Waals surface area contributed by atoms with Gasteiger partial charge in [-0.05, 0) is 74.2 Å². The average molecular weight is 623 g/mol. The molecule has 0 aromatic heterocycles. The molecule has 4 aromatic rings. The van der Waals surface area contributed by atoms with Crippen molar-refractivity contribution in [1.82, 2.24) is 4.90 Å². The van der Waals surface area contributed by atoms with Crippen LogP contribution in [-0.4, -0.2) is 45.5 Å². The molecule has 1 unspecified atom stereocenters. The summed E-state index contributed by atoms with van der Waals surface area (Å²) >= 11 is 0. The largest absolute Gasteiger partial charge is 0.459 e. The number of carbonyl (C=O) groups is 3. The zero-order valence-electron chi connectivity index (χ0n) is 26.1. The van der Waals surface area contributed by atoms with E-state index in [0.29, 0.717) is 28.2 Å². The number of fused-ring (bicyclic) bond motifs is 1. The molecule has 0 saturated heterocycles. The van der Waals surface area contributed by atoms with E-state index in [4.69, 9.17) is 19.9 Å². The Bertz CT molecular complexity index is 1700.